The fraction of sp³-hybridized carbons (Fsp3) is 0.861. The molecular weight excluding hydrogens is 542 g/mol. The number of allylic oxidation sites excluding steroid dienone is 1. The SMILES string of the molecule is C=C(C)[C@@H]1CC[C@]2(C(=O)N[C@@H](CC(=O)OC)C(=O)OC)CC[C@]3(C)[C@H](CC[C@@H]4[C@@]5(C)CC[C@H](O)C(C)(C)[C@@H]5CC[C@]43C)[C@@H]12. The number of aliphatic hydroxyl groups excluding tert-OH is 1. The molecule has 0 aromatic rings. The van der Waals surface area contributed by atoms with E-state index in [4.69, 9.17) is 9.47 Å². The highest BCUT2D eigenvalue weighted by Crippen LogP contribution is 2.77. The van der Waals surface area contributed by atoms with E-state index in [1.165, 1.54) is 14.2 Å². The molecule has 1 amide bonds. The molecule has 5 rings (SSSR count). The van der Waals surface area contributed by atoms with Crippen LogP contribution in [0.25, 0.3) is 0 Å². The average Bonchev–Trinajstić information content (AvgIpc) is 3.36. The standard InChI is InChI=1S/C36H57NO6/c1-21(2)22-12-17-36(31(41)37-24(30(40)43-9)20-28(39)42-8)19-18-34(6)23(29(22)36)10-11-26-33(5)15-14-27(38)32(3,4)25(33)13-16-35(26,34)7/h22-27,29,38H,1,10-20H2,2-9H3,(H,37,41)/t22-,23+,24-,25-,26+,27-,29+,33-,34+,35+,36-/m0/s1. The van der Waals surface area contributed by atoms with Gasteiger partial charge < -0.3 is 19.9 Å². The molecule has 5 aliphatic carbocycles. The van der Waals surface area contributed by atoms with Gasteiger partial charge in [0.25, 0.3) is 0 Å². The average molecular weight is 600 g/mol. The van der Waals surface area contributed by atoms with E-state index in [-0.39, 0.29) is 51.9 Å². The van der Waals surface area contributed by atoms with Crippen LogP contribution in [0.5, 0.6) is 0 Å². The first-order valence-electron chi connectivity index (χ1n) is 16.8. The van der Waals surface area contributed by atoms with Crippen molar-refractivity contribution < 1.29 is 29.0 Å². The number of hydrogen-bond donors (Lipinski definition) is 2. The van der Waals surface area contributed by atoms with Gasteiger partial charge in [0.05, 0.1) is 32.2 Å². The number of carbonyl (C=O) groups is 3. The predicted molar refractivity (Wildman–Crippen MR) is 166 cm³/mol. The van der Waals surface area contributed by atoms with Gasteiger partial charge in [-0.1, -0.05) is 46.8 Å². The molecule has 0 radical (unpaired) electrons. The zero-order chi connectivity index (χ0) is 31.8. The van der Waals surface area contributed by atoms with Crippen LogP contribution in [0.15, 0.2) is 12.2 Å². The van der Waals surface area contributed by atoms with Crippen LogP contribution in [0.1, 0.15) is 112 Å². The Balaban J connectivity index is 1.50. The van der Waals surface area contributed by atoms with Crippen LogP contribution in [0.4, 0.5) is 0 Å². The van der Waals surface area contributed by atoms with Gasteiger partial charge in [0.2, 0.25) is 5.91 Å². The van der Waals surface area contributed by atoms with Crippen LogP contribution < -0.4 is 5.32 Å². The van der Waals surface area contributed by atoms with Gasteiger partial charge in [-0.15, -0.1) is 0 Å². The van der Waals surface area contributed by atoms with E-state index < -0.39 is 23.4 Å². The maximum atomic E-state index is 14.4. The summed E-state index contributed by atoms with van der Waals surface area (Å²) < 4.78 is 9.79. The number of esters is 2. The molecule has 0 heterocycles. The third-order valence-electron chi connectivity index (χ3n) is 14.9. The van der Waals surface area contributed by atoms with Gasteiger partial charge in [-0.2, -0.15) is 0 Å². The molecule has 0 bridgehead atoms. The maximum Gasteiger partial charge on any atom is 0.328 e. The number of fused-ring (bicyclic) bond motifs is 7. The fourth-order valence-electron chi connectivity index (χ4n) is 12.4. The van der Waals surface area contributed by atoms with Crippen LogP contribution in [0.2, 0.25) is 0 Å². The van der Waals surface area contributed by atoms with E-state index in [0.29, 0.717) is 17.8 Å². The molecule has 0 aromatic carbocycles. The monoisotopic (exact) mass is 599 g/mol. The molecule has 43 heavy (non-hydrogen) atoms. The Morgan fingerprint density at radius 3 is 2.19 bits per heavy atom. The largest absolute Gasteiger partial charge is 0.469 e. The van der Waals surface area contributed by atoms with Crippen molar-refractivity contribution in [1.82, 2.24) is 5.32 Å². The second-order valence-corrected chi connectivity index (χ2v) is 16.5. The van der Waals surface area contributed by atoms with Crippen LogP contribution in [0.3, 0.4) is 0 Å². The van der Waals surface area contributed by atoms with Gasteiger partial charge >= 0.3 is 11.9 Å². The first-order chi connectivity index (χ1) is 20.0. The van der Waals surface area contributed by atoms with Crippen molar-refractivity contribution in [2.45, 2.75) is 124 Å². The second kappa shape index (κ2) is 10.9. The Morgan fingerprint density at radius 2 is 1.56 bits per heavy atom. The molecule has 7 nitrogen and oxygen atoms in total. The Hall–Kier alpha value is -1.89. The van der Waals surface area contributed by atoms with Gasteiger partial charge in [-0.3, -0.25) is 9.59 Å². The lowest BCUT2D eigenvalue weighted by Crippen LogP contribution is -2.67. The topological polar surface area (TPSA) is 102 Å². The molecule has 0 saturated heterocycles. The van der Waals surface area contributed by atoms with Crippen molar-refractivity contribution >= 4 is 17.8 Å². The summed E-state index contributed by atoms with van der Waals surface area (Å²) in [6.45, 7) is 18.8. The number of amides is 1. The predicted octanol–water partition coefficient (Wildman–Crippen LogP) is 6.23. The molecule has 5 aliphatic rings. The molecule has 5 saturated carbocycles. The summed E-state index contributed by atoms with van der Waals surface area (Å²) in [6.07, 6.45) is 9.48. The van der Waals surface area contributed by atoms with Gasteiger partial charge in [-0.05, 0) is 122 Å². The normalized spacial score (nSPS) is 45.3. The number of aliphatic hydroxyl groups is 1. The highest BCUT2D eigenvalue weighted by atomic mass is 16.5. The third-order valence-corrected chi connectivity index (χ3v) is 14.9. The number of hydrogen-bond acceptors (Lipinski definition) is 6. The van der Waals surface area contributed by atoms with Gasteiger partial charge in [0, 0.05) is 0 Å². The van der Waals surface area contributed by atoms with E-state index in [0.717, 1.165) is 69.8 Å². The number of nitrogens with one attached hydrogen (secondary N) is 1. The van der Waals surface area contributed by atoms with E-state index in [1.807, 2.05) is 0 Å². The van der Waals surface area contributed by atoms with Crippen LogP contribution in [0, 0.1) is 56.7 Å². The summed E-state index contributed by atoms with van der Waals surface area (Å²) >= 11 is 0. The molecule has 7 heteroatoms. The zero-order valence-electron chi connectivity index (χ0n) is 28.0. The van der Waals surface area contributed by atoms with E-state index >= 15 is 0 Å². The molecular formula is C36H57NO6. The first kappa shape index (κ1) is 32.5. The quantitative estimate of drug-likeness (QED) is 0.277. The van der Waals surface area contributed by atoms with E-state index in [2.05, 4.69) is 53.4 Å². The summed E-state index contributed by atoms with van der Waals surface area (Å²) in [5, 5.41) is 14.0. The Kier molecular flexibility index (Phi) is 8.22. The smallest absolute Gasteiger partial charge is 0.328 e. The van der Waals surface area contributed by atoms with Crippen molar-refractivity contribution in [3.63, 3.8) is 0 Å². The lowest BCUT2D eigenvalue weighted by atomic mass is 9.32. The van der Waals surface area contributed by atoms with Crippen molar-refractivity contribution in [3.8, 4) is 0 Å². The molecule has 11 atom stereocenters. The summed E-state index contributed by atoms with van der Waals surface area (Å²) in [5.74, 6) is 0.569. The molecule has 2 N–H and O–H groups in total. The molecule has 0 aromatic heterocycles. The lowest BCUT2D eigenvalue weighted by molar-refractivity contribution is -0.246. The third kappa shape index (κ3) is 4.55. The maximum absolute atomic E-state index is 14.4. The highest BCUT2D eigenvalue weighted by Gasteiger charge is 2.72. The lowest BCUT2D eigenvalue weighted by Gasteiger charge is -2.72. The zero-order valence-corrected chi connectivity index (χ0v) is 28.0. The minimum atomic E-state index is -1.06. The summed E-state index contributed by atoms with van der Waals surface area (Å²) in [4.78, 5) is 39.2. The van der Waals surface area contributed by atoms with Crippen molar-refractivity contribution in [1.29, 1.82) is 0 Å². The van der Waals surface area contributed by atoms with Crippen LogP contribution in [-0.4, -0.2) is 49.3 Å². The summed E-state index contributed by atoms with van der Waals surface area (Å²) in [6, 6.07) is -1.06. The summed E-state index contributed by atoms with van der Waals surface area (Å²) in [7, 11) is 2.56. The number of ether oxygens (including phenoxy) is 2. The fourth-order valence-corrected chi connectivity index (χ4v) is 12.4. The van der Waals surface area contributed by atoms with Crippen molar-refractivity contribution in [2.24, 2.45) is 56.7 Å². The molecule has 0 spiro atoms. The molecule has 0 aliphatic heterocycles. The van der Waals surface area contributed by atoms with Crippen molar-refractivity contribution in [2.75, 3.05) is 14.2 Å². The van der Waals surface area contributed by atoms with Crippen LogP contribution in [-0.2, 0) is 23.9 Å². The van der Waals surface area contributed by atoms with Gasteiger partial charge in [-0.25, -0.2) is 4.79 Å². The summed E-state index contributed by atoms with van der Waals surface area (Å²) in [5.41, 5.74) is 0.878. The highest BCUT2D eigenvalue weighted by molar-refractivity contribution is 5.91. The van der Waals surface area contributed by atoms with E-state index in [1.54, 1.807) is 0 Å². The minimum absolute atomic E-state index is 0.0738. The number of rotatable bonds is 6. The molecule has 0 unspecified atom stereocenters. The number of methoxy groups -OCH3 is 2. The Labute approximate surface area is 259 Å². The number of carbonyl (C=O) groups excluding carboxylic acids is 3. The molecule has 242 valence electrons. The van der Waals surface area contributed by atoms with Gasteiger partial charge in [0.15, 0.2) is 0 Å². The second-order valence-electron chi connectivity index (χ2n) is 16.5. The van der Waals surface area contributed by atoms with Crippen molar-refractivity contribution in [3.05, 3.63) is 12.2 Å². The van der Waals surface area contributed by atoms with E-state index in [9.17, 15) is 19.5 Å². The van der Waals surface area contributed by atoms with Crippen LogP contribution >= 0.6 is 0 Å². The van der Waals surface area contributed by atoms with Gasteiger partial charge in [0.1, 0.15) is 6.04 Å². The Morgan fingerprint density at radius 1 is 0.860 bits per heavy atom. The first-order valence-corrected chi connectivity index (χ1v) is 16.8. The minimum Gasteiger partial charge on any atom is -0.469 e. The Bertz CT molecular complexity index is 1160. The molecule has 5 fully saturated rings.